The fourth-order valence-corrected chi connectivity index (χ4v) is 3.25. The summed E-state index contributed by atoms with van der Waals surface area (Å²) in [6.07, 6.45) is 0.0821. The molecule has 0 bridgehead atoms. The number of nitrogens with one attached hydrogen (secondary N) is 2. The molecule has 0 saturated carbocycles. The molecule has 20 heavy (non-hydrogen) atoms. The molecule has 0 fully saturated rings. The fraction of sp³-hybridized carbons (Fsp3) is 0.231. The lowest BCUT2D eigenvalue weighted by atomic mass is 9.91. The van der Waals surface area contributed by atoms with Crippen LogP contribution in [0, 0.1) is 11.6 Å². The standard InChI is InChI=1S/C13H11F2N3OS/c1-16-13-18-12-11(20-13)8(5-10(19)17-12)7-4-6(14)2-3-9(7)15/h2-4,8H,5H2,1H3,(H,16,18)(H,17,19)/t8-/m1/s1. The molecule has 7 heteroatoms. The minimum absolute atomic E-state index is 0.0821. The predicted molar refractivity (Wildman–Crippen MR) is 73.1 cm³/mol. The first-order chi connectivity index (χ1) is 9.58. The van der Waals surface area contributed by atoms with Crippen LogP contribution >= 0.6 is 11.3 Å². The highest BCUT2D eigenvalue weighted by molar-refractivity contribution is 7.16. The largest absolute Gasteiger partial charge is 0.365 e. The zero-order valence-corrected chi connectivity index (χ0v) is 11.4. The van der Waals surface area contributed by atoms with Crippen molar-refractivity contribution in [3.05, 3.63) is 40.3 Å². The van der Waals surface area contributed by atoms with E-state index < -0.39 is 17.6 Å². The summed E-state index contributed by atoms with van der Waals surface area (Å²) in [4.78, 5) is 16.7. The molecule has 3 rings (SSSR count). The first-order valence-corrected chi connectivity index (χ1v) is 6.83. The Bertz CT molecular complexity index is 686. The molecule has 0 unspecified atom stereocenters. The zero-order chi connectivity index (χ0) is 14.3. The summed E-state index contributed by atoms with van der Waals surface area (Å²) in [5.74, 6) is -1.37. The van der Waals surface area contributed by atoms with E-state index in [4.69, 9.17) is 0 Å². The van der Waals surface area contributed by atoms with E-state index in [1.807, 2.05) is 0 Å². The molecule has 1 aliphatic rings. The number of halogens is 2. The summed E-state index contributed by atoms with van der Waals surface area (Å²) in [5, 5.41) is 6.16. The van der Waals surface area contributed by atoms with Gasteiger partial charge in [0.1, 0.15) is 17.5 Å². The lowest BCUT2D eigenvalue weighted by molar-refractivity contribution is -0.116. The van der Waals surface area contributed by atoms with Crippen LogP contribution in [0.15, 0.2) is 18.2 Å². The van der Waals surface area contributed by atoms with Crippen LogP contribution in [-0.2, 0) is 4.79 Å². The summed E-state index contributed by atoms with van der Waals surface area (Å²) in [6, 6.07) is 3.28. The van der Waals surface area contributed by atoms with Gasteiger partial charge in [-0.3, -0.25) is 4.79 Å². The first-order valence-electron chi connectivity index (χ1n) is 6.01. The number of hydrogen-bond acceptors (Lipinski definition) is 4. The number of anilines is 2. The van der Waals surface area contributed by atoms with Crippen LogP contribution in [0.3, 0.4) is 0 Å². The van der Waals surface area contributed by atoms with E-state index in [0.29, 0.717) is 10.9 Å². The summed E-state index contributed by atoms with van der Waals surface area (Å²) < 4.78 is 27.3. The number of amides is 1. The summed E-state index contributed by atoms with van der Waals surface area (Å²) in [7, 11) is 1.71. The molecule has 104 valence electrons. The van der Waals surface area contributed by atoms with Crippen molar-refractivity contribution < 1.29 is 13.6 Å². The lowest BCUT2D eigenvalue weighted by Crippen LogP contribution is -2.23. The van der Waals surface area contributed by atoms with Crippen molar-refractivity contribution in [2.24, 2.45) is 0 Å². The molecule has 1 aromatic heterocycles. The Morgan fingerprint density at radius 3 is 3.00 bits per heavy atom. The van der Waals surface area contributed by atoms with Crippen LogP contribution in [0.2, 0.25) is 0 Å². The average molecular weight is 295 g/mol. The van der Waals surface area contributed by atoms with E-state index in [1.54, 1.807) is 7.05 Å². The van der Waals surface area contributed by atoms with Crippen LogP contribution < -0.4 is 10.6 Å². The Kier molecular flexibility index (Phi) is 3.13. The van der Waals surface area contributed by atoms with Gasteiger partial charge in [-0.05, 0) is 23.8 Å². The highest BCUT2D eigenvalue weighted by Crippen LogP contribution is 2.42. The predicted octanol–water partition coefficient (Wildman–Crippen LogP) is 2.94. The van der Waals surface area contributed by atoms with Crippen molar-refractivity contribution in [2.45, 2.75) is 12.3 Å². The van der Waals surface area contributed by atoms with Gasteiger partial charge in [0.15, 0.2) is 5.13 Å². The molecule has 0 radical (unpaired) electrons. The van der Waals surface area contributed by atoms with Gasteiger partial charge in [0, 0.05) is 19.4 Å². The van der Waals surface area contributed by atoms with E-state index in [-0.39, 0.29) is 17.9 Å². The second-order valence-corrected chi connectivity index (χ2v) is 5.48. The molecule has 1 amide bonds. The first kappa shape index (κ1) is 13.0. The van der Waals surface area contributed by atoms with Gasteiger partial charge in [0.25, 0.3) is 0 Å². The third-order valence-electron chi connectivity index (χ3n) is 3.16. The Morgan fingerprint density at radius 1 is 1.45 bits per heavy atom. The van der Waals surface area contributed by atoms with Crippen LogP contribution in [0.5, 0.6) is 0 Å². The fourth-order valence-electron chi connectivity index (χ4n) is 2.26. The number of fused-ring (bicyclic) bond motifs is 1. The number of hydrogen-bond donors (Lipinski definition) is 2. The number of carbonyl (C=O) groups excluding carboxylic acids is 1. The van der Waals surface area contributed by atoms with Gasteiger partial charge in [0.2, 0.25) is 5.91 Å². The second-order valence-electron chi connectivity index (χ2n) is 4.45. The van der Waals surface area contributed by atoms with Crippen molar-refractivity contribution in [1.29, 1.82) is 0 Å². The Morgan fingerprint density at radius 2 is 2.25 bits per heavy atom. The highest BCUT2D eigenvalue weighted by atomic mass is 32.1. The Balaban J connectivity index is 2.12. The Hall–Kier alpha value is -2.02. The molecule has 0 saturated heterocycles. The molecule has 1 atom stereocenters. The summed E-state index contributed by atoms with van der Waals surface area (Å²) >= 11 is 1.33. The van der Waals surface area contributed by atoms with Crippen LogP contribution in [0.1, 0.15) is 22.8 Å². The normalized spacial score (nSPS) is 17.6. The van der Waals surface area contributed by atoms with Gasteiger partial charge >= 0.3 is 0 Å². The zero-order valence-electron chi connectivity index (χ0n) is 10.5. The van der Waals surface area contributed by atoms with Crippen LogP contribution in [0.25, 0.3) is 0 Å². The molecular weight excluding hydrogens is 284 g/mol. The van der Waals surface area contributed by atoms with Crippen molar-refractivity contribution in [2.75, 3.05) is 17.7 Å². The van der Waals surface area contributed by atoms with Crippen molar-refractivity contribution in [1.82, 2.24) is 4.98 Å². The van der Waals surface area contributed by atoms with Crippen LogP contribution in [-0.4, -0.2) is 17.9 Å². The summed E-state index contributed by atoms with van der Waals surface area (Å²) in [6.45, 7) is 0. The lowest BCUT2D eigenvalue weighted by Gasteiger charge is -2.21. The van der Waals surface area contributed by atoms with Crippen LogP contribution in [0.4, 0.5) is 19.7 Å². The Labute approximate surface area is 117 Å². The second kappa shape index (κ2) is 4.82. The molecule has 1 aliphatic heterocycles. The quantitative estimate of drug-likeness (QED) is 0.895. The SMILES string of the molecule is CNc1nc2c(s1)[C@@H](c1cc(F)ccc1F)CC(=O)N2. The molecule has 0 aliphatic carbocycles. The number of carbonyl (C=O) groups is 1. The van der Waals surface area contributed by atoms with E-state index >= 15 is 0 Å². The highest BCUT2D eigenvalue weighted by Gasteiger charge is 2.32. The van der Waals surface area contributed by atoms with Gasteiger partial charge < -0.3 is 10.6 Å². The van der Waals surface area contributed by atoms with Gasteiger partial charge in [-0.2, -0.15) is 0 Å². The number of rotatable bonds is 2. The number of nitrogens with zero attached hydrogens (tertiary/aromatic N) is 1. The minimum Gasteiger partial charge on any atom is -0.365 e. The van der Waals surface area contributed by atoms with E-state index in [0.717, 1.165) is 23.1 Å². The maximum atomic E-state index is 13.9. The molecular formula is C13H11F2N3OS. The molecule has 0 spiro atoms. The monoisotopic (exact) mass is 295 g/mol. The number of thiazole rings is 1. The maximum absolute atomic E-state index is 13.9. The molecule has 2 aromatic rings. The molecule has 2 heterocycles. The van der Waals surface area contributed by atoms with Crippen molar-refractivity contribution in [3.8, 4) is 0 Å². The minimum atomic E-state index is -0.521. The number of aromatic nitrogens is 1. The molecule has 4 nitrogen and oxygen atoms in total. The van der Waals surface area contributed by atoms with E-state index in [9.17, 15) is 13.6 Å². The van der Waals surface area contributed by atoms with Crippen molar-refractivity contribution in [3.63, 3.8) is 0 Å². The average Bonchev–Trinajstić information content (AvgIpc) is 2.83. The van der Waals surface area contributed by atoms with Crippen molar-refractivity contribution >= 4 is 28.2 Å². The molecule has 1 aromatic carbocycles. The van der Waals surface area contributed by atoms with E-state index in [2.05, 4.69) is 15.6 Å². The van der Waals surface area contributed by atoms with Gasteiger partial charge in [-0.25, -0.2) is 13.8 Å². The van der Waals surface area contributed by atoms with Gasteiger partial charge in [0.05, 0.1) is 4.88 Å². The topological polar surface area (TPSA) is 54.0 Å². The smallest absolute Gasteiger partial charge is 0.226 e. The third kappa shape index (κ3) is 2.14. The third-order valence-corrected chi connectivity index (χ3v) is 4.35. The summed E-state index contributed by atoms with van der Waals surface area (Å²) in [5.41, 5.74) is 0.187. The van der Waals surface area contributed by atoms with Gasteiger partial charge in [-0.1, -0.05) is 11.3 Å². The van der Waals surface area contributed by atoms with E-state index in [1.165, 1.54) is 11.3 Å². The maximum Gasteiger partial charge on any atom is 0.226 e. The number of benzene rings is 1. The molecule has 2 N–H and O–H groups in total. The van der Waals surface area contributed by atoms with Gasteiger partial charge in [-0.15, -0.1) is 0 Å².